The summed E-state index contributed by atoms with van der Waals surface area (Å²) in [5.41, 5.74) is 3.64. The highest BCUT2D eigenvalue weighted by molar-refractivity contribution is 7.88. The Morgan fingerprint density at radius 2 is 1.81 bits per heavy atom. The molecule has 2 aromatic carbocycles. The molecule has 168 valence electrons. The smallest absolute Gasteiger partial charge is 0.254 e. The average molecular weight is 455 g/mol. The van der Waals surface area contributed by atoms with Crippen molar-refractivity contribution in [2.45, 2.75) is 44.7 Å². The van der Waals surface area contributed by atoms with Crippen molar-refractivity contribution in [2.24, 2.45) is 0 Å². The van der Waals surface area contributed by atoms with E-state index < -0.39 is 27.8 Å². The van der Waals surface area contributed by atoms with E-state index in [9.17, 15) is 17.6 Å². The number of aromatic nitrogens is 1. The second-order valence-corrected chi connectivity index (χ2v) is 10.2. The molecule has 0 amide bonds. The SMILES string of the molecule is CCn1cc(F)c2c(c1=O)C(Cc1cccc(-c3ccccc3)c1)C(NS(C)(=O)=O)CC2. The molecule has 0 bridgehead atoms. The molecule has 0 saturated heterocycles. The minimum atomic E-state index is -3.49. The largest absolute Gasteiger partial charge is 0.313 e. The Morgan fingerprint density at radius 3 is 2.50 bits per heavy atom. The van der Waals surface area contributed by atoms with E-state index >= 15 is 0 Å². The molecular formula is C25H27FN2O3S. The van der Waals surface area contributed by atoms with Crippen molar-refractivity contribution in [3.8, 4) is 11.1 Å². The first-order valence-electron chi connectivity index (χ1n) is 10.8. The van der Waals surface area contributed by atoms with Crippen LogP contribution < -0.4 is 10.3 Å². The number of halogens is 1. The summed E-state index contributed by atoms with van der Waals surface area (Å²) >= 11 is 0. The number of hydrogen-bond donors (Lipinski definition) is 1. The van der Waals surface area contributed by atoms with Crippen molar-refractivity contribution in [1.29, 1.82) is 0 Å². The van der Waals surface area contributed by atoms with Gasteiger partial charge in [0.2, 0.25) is 10.0 Å². The number of sulfonamides is 1. The number of nitrogens with one attached hydrogen (secondary N) is 1. The zero-order chi connectivity index (χ0) is 22.9. The van der Waals surface area contributed by atoms with Crippen LogP contribution in [0.25, 0.3) is 11.1 Å². The lowest BCUT2D eigenvalue weighted by atomic mass is 9.77. The first kappa shape index (κ1) is 22.4. The number of nitrogens with zero attached hydrogens (tertiary/aromatic N) is 1. The summed E-state index contributed by atoms with van der Waals surface area (Å²) in [6.45, 7) is 2.14. The number of fused-ring (bicyclic) bond motifs is 1. The van der Waals surface area contributed by atoms with Crippen LogP contribution in [0.5, 0.6) is 0 Å². The lowest BCUT2D eigenvalue weighted by molar-refractivity contribution is 0.411. The van der Waals surface area contributed by atoms with Gasteiger partial charge in [0.15, 0.2) is 0 Å². The number of pyridine rings is 1. The van der Waals surface area contributed by atoms with Gasteiger partial charge in [0.25, 0.3) is 5.56 Å². The molecule has 0 spiro atoms. The molecule has 32 heavy (non-hydrogen) atoms. The Hall–Kier alpha value is -2.77. The Labute approximate surface area is 188 Å². The molecule has 2 unspecified atom stereocenters. The molecule has 7 heteroatoms. The van der Waals surface area contributed by atoms with E-state index in [1.807, 2.05) is 48.5 Å². The Balaban J connectivity index is 1.79. The predicted molar refractivity (Wildman–Crippen MR) is 125 cm³/mol. The van der Waals surface area contributed by atoms with Crippen molar-refractivity contribution in [3.05, 3.63) is 93.7 Å². The maximum atomic E-state index is 14.9. The van der Waals surface area contributed by atoms with Gasteiger partial charge in [-0.05, 0) is 48.4 Å². The molecule has 1 aromatic heterocycles. The molecule has 4 rings (SSSR count). The first-order valence-corrected chi connectivity index (χ1v) is 12.7. The van der Waals surface area contributed by atoms with Crippen molar-refractivity contribution < 1.29 is 12.8 Å². The van der Waals surface area contributed by atoms with Gasteiger partial charge < -0.3 is 4.57 Å². The zero-order valence-corrected chi connectivity index (χ0v) is 19.0. The van der Waals surface area contributed by atoms with Crippen LogP contribution >= 0.6 is 0 Å². The van der Waals surface area contributed by atoms with Crippen LogP contribution in [0.1, 0.15) is 36.0 Å². The number of hydrogen-bond acceptors (Lipinski definition) is 3. The van der Waals surface area contributed by atoms with Crippen molar-refractivity contribution in [2.75, 3.05) is 6.26 Å². The Morgan fingerprint density at radius 1 is 1.09 bits per heavy atom. The van der Waals surface area contributed by atoms with Crippen LogP contribution in [0.4, 0.5) is 4.39 Å². The molecule has 0 aliphatic heterocycles. The highest BCUT2D eigenvalue weighted by Gasteiger charge is 2.35. The topological polar surface area (TPSA) is 68.2 Å². The Bertz CT molecular complexity index is 1290. The van der Waals surface area contributed by atoms with Gasteiger partial charge in [0, 0.05) is 30.3 Å². The molecule has 5 nitrogen and oxygen atoms in total. The molecule has 0 fully saturated rings. The summed E-state index contributed by atoms with van der Waals surface area (Å²) < 4.78 is 43.0. The molecular weight excluding hydrogens is 427 g/mol. The van der Waals surface area contributed by atoms with Gasteiger partial charge in [-0.25, -0.2) is 17.5 Å². The monoisotopic (exact) mass is 454 g/mol. The maximum absolute atomic E-state index is 14.9. The van der Waals surface area contributed by atoms with Gasteiger partial charge >= 0.3 is 0 Å². The van der Waals surface area contributed by atoms with Crippen LogP contribution in [0.2, 0.25) is 0 Å². The van der Waals surface area contributed by atoms with Gasteiger partial charge in [-0.1, -0.05) is 54.6 Å². The fraction of sp³-hybridized carbons (Fsp3) is 0.320. The standard InChI is InChI=1S/C25H27FN2O3S/c1-3-28-16-22(26)20-12-13-23(27-32(2,30)31)21(24(20)25(28)29)15-17-8-7-11-19(14-17)18-9-5-4-6-10-18/h4-11,14,16,21,23,27H,3,12-13,15H2,1-2H3. The van der Waals surface area contributed by atoms with Gasteiger partial charge in [-0.3, -0.25) is 4.79 Å². The number of benzene rings is 2. The Kier molecular flexibility index (Phi) is 6.31. The van der Waals surface area contributed by atoms with Gasteiger partial charge in [-0.2, -0.15) is 0 Å². The third-order valence-electron chi connectivity index (χ3n) is 6.13. The summed E-state index contributed by atoms with van der Waals surface area (Å²) in [4.78, 5) is 13.2. The first-order chi connectivity index (χ1) is 15.3. The van der Waals surface area contributed by atoms with E-state index in [4.69, 9.17) is 0 Å². The lowest BCUT2D eigenvalue weighted by Crippen LogP contribution is -2.45. The predicted octanol–water partition coefficient (Wildman–Crippen LogP) is 3.86. The molecule has 3 aromatic rings. The summed E-state index contributed by atoms with van der Waals surface area (Å²) in [6.07, 6.45) is 3.58. The fourth-order valence-electron chi connectivity index (χ4n) is 4.68. The summed E-state index contributed by atoms with van der Waals surface area (Å²) in [7, 11) is -3.49. The molecule has 2 atom stereocenters. The second kappa shape index (κ2) is 9.00. The van der Waals surface area contributed by atoms with E-state index in [0.29, 0.717) is 36.9 Å². The zero-order valence-electron chi connectivity index (χ0n) is 18.2. The van der Waals surface area contributed by atoms with Crippen LogP contribution in [-0.2, 0) is 29.4 Å². The van der Waals surface area contributed by atoms with Crippen LogP contribution in [0.3, 0.4) is 0 Å². The van der Waals surface area contributed by atoms with Gasteiger partial charge in [0.1, 0.15) is 5.82 Å². The maximum Gasteiger partial charge on any atom is 0.254 e. The van der Waals surface area contributed by atoms with E-state index in [1.54, 1.807) is 6.92 Å². The van der Waals surface area contributed by atoms with E-state index in [0.717, 1.165) is 22.9 Å². The van der Waals surface area contributed by atoms with Crippen LogP contribution in [-0.4, -0.2) is 25.3 Å². The van der Waals surface area contributed by atoms with Crippen LogP contribution in [0, 0.1) is 5.82 Å². The molecule has 1 N–H and O–H groups in total. The average Bonchev–Trinajstić information content (AvgIpc) is 2.77. The molecule has 1 heterocycles. The third kappa shape index (κ3) is 4.69. The quantitative estimate of drug-likeness (QED) is 0.615. The highest BCUT2D eigenvalue weighted by atomic mass is 32.2. The molecule has 0 saturated carbocycles. The third-order valence-corrected chi connectivity index (χ3v) is 6.86. The summed E-state index contributed by atoms with van der Waals surface area (Å²) in [5, 5.41) is 0. The van der Waals surface area contributed by atoms with Crippen molar-refractivity contribution >= 4 is 10.0 Å². The number of rotatable bonds is 6. The minimum absolute atomic E-state index is 0.242. The van der Waals surface area contributed by atoms with Crippen molar-refractivity contribution in [1.82, 2.24) is 9.29 Å². The molecule has 1 aliphatic rings. The second-order valence-electron chi connectivity index (χ2n) is 8.37. The minimum Gasteiger partial charge on any atom is -0.313 e. The highest BCUT2D eigenvalue weighted by Crippen LogP contribution is 2.35. The molecule has 0 radical (unpaired) electrons. The van der Waals surface area contributed by atoms with E-state index in [2.05, 4.69) is 10.8 Å². The van der Waals surface area contributed by atoms with Gasteiger partial charge in [0.05, 0.1) is 6.26 Å². The van der Waals surface area contributed by atoms with E-state index in [1.165, 1.54) is 10.8 Å². The summed E-state index contributed by atoms with van der Waals surface area (Å²) in [5.74, 6) is -0.859. The van der Waals surface area contributed by atoms with Gasteiger partial charge in [-0.15, -0.1) is 0 Å². The van der Waals surface area contributed by atoms with E-state index in [-0.39, 0.29) is 5.56 Å². The van der Waals surface area contributed by atoms with Crippen LogP contribution in [0.15, 0.2) is 65.6 Å². The number of aryl methyl sites for hydroxylation is 1. The lowest BCUT2D eigenvalue weighted by Gasteiger charge is -2.34. The van der Waals surface area contributed by atoms with Crippen molar-refractivity contribution in [3.63, 3.8) is 0 Å². The summed E-state index contributed by atoms with van der Waals surface area (Å²) in [6, 6.07) is 17.5. The molecule has 1 aliphatic carbocycles. The fourth-order valence-corrected chi connectivity index (χ4v) is 5.51. The normalized spacial score (nSPS) is 18.3.